The van der Waals surface area contributed by atoms with Crippen molar-refractivity contribution in [2.45, 2.75) is 90.9 Å². The van der Waals surface area contributed by atoms with E-state index < -0.39 is 0 Å². The van der Waals surface area contributed by atoms with Crippen LogP contribution in [0.15, 0.2) is 30.9 Å². The fourth-order valence-corrected chi connectivity index (χ4v) is 3.10. The second-order valence-corrected chi connectivity index (χ2v) is 7.48. The normalized spacial score (nSPS) is 11.2. The minimum Gasteiger partial charge on any atom is -0.493 e. The molecule has 0 amide bonds. The molecular formula is C23H38O. The van der Waals surface area contributed by atoms with Gasteiger partial charge in [0, 0.05) is 0 Å². The van der Waals surface area contributed by atoms with Crippen LogP contribution in [-0.4, -0.2) is 6.61 Å². The van der Waals surface area contributed by atoms with Crippen molar-refractivity contribution in [3.05, 3.63) is 42.0 Å². The minimum absolute atomic E-state index is 0.509. The van der Waals surface area contributed by atoms with Crippen LogP contribution in [0.2, 0.25) is 0 Å². The number of allylic oxidation sites excluding steroid dienone is 1. The first kappa shape index (κ1) is 20.8. The fourth-order valence-electron chi connectivity index (χ4n) is 3.10. The molecule has 0 fully saturated rings. The van der Waals surface area contributed by atoms with Gasteiger partial charge in [0.15, 0.2) is 0 Å². The highest BCUT2D eigenvalue weighted by Gasteiger charge is 2.14. The van der Waals surface area contributed by atoms with Crippen LogP contribution in [0.4, 0.5) is 0 Å². The maximum atomic E-state index is 6.24. The Morgan fingerprint density at radius 2 is 1.33 bits per heavy atom. The Kier molecular flexibility index (Phi) is 10.5. The van der Waals surface area contributed by atoms with Gasteiger partial charge in [0.2, 0.25) is 0 Å². The lowest BCUT2D eigenvalue weighted by Gasteiger charge is -2.20. The zero-order valence-electron chi connectivity index (χ0n) is 16.4. The largest absolute Gasteiger partial charge is 0.493 e. The third-order valence-corrected chi connectivity index (χ3v) is 4.62. The predicted molar refractivity (Wildman–Crippen MR) is 107 cm³/mol. The summed E-state index contributed by atoms with van der Waals surface area (Å²) in [6, 6.07) is 6.61. The third kappa shape index (κ3) is 7.55. The smallest absolute Gasteiger partial charge is 0.126 e. The lowest BCUT2D eigenvalue weighted by molar-refractivity contribution is 0.296. The Labute approximate surface area is 150 Å². The van der Waals surface area contributed by atoms with Gasteiger partial charge in [0.25, 0.3) is 0 Å². The Bertz CT molecular complexity index is 433. The van der Waals surface area contributed by atoms with Gasteiger partial charge >= 0.3 is 0 Å². The van der Waals surface area contributed by atoms with E-state index in [0.717, 1.165) is 18.8 Å². The Morgan fingerprint density at radius 3 is 1.83 bits per heavy atom. The number of hydrogen-bond acceptors (Lipinski definition) is 1. The van der Waals surface area contributed by atoms with E-state index in [-0.39, 0.29) is 0 Å². The van der Waals surface area contributed by atoms with Crippen molar-refractivity contribution in [3.63, 3.8) is 0 Å². The summed E-state index contributed by atoms with van der Waals surface area (Å²) in [5.41, 5.74) is 2.70. The fraction of sp³-hybridized carbons (Fsp3) is 0.652. The number of ether oxygens (including phenoxy) is 1. The van der Waals surface area contributed by atoms with E-state index in [1.165, 1.54) is 56.1 Å². The van der Waals surface area contributed by atoms with Crippen molar-refractivity contribution < 1.29 is 4.74 Å². The zero-order chi connectivity index (χ0) is 17.8. The second-order valence-electron chi connectivity index (χ2n) is 7.48. The molecule has 0 aliphatic heterocycles. The van der Waals surface area contributed by atoms with Gasteiger partial charge in [0.1, 0.15) is 5.75 Å². The molecule has 0 bridgehead atoms. The van der Waals surface area contributed by atoms with Gasteiger partial charge in [-0.1, -0.05) is 84.1 Å². The summed E-state index contributed by atoms with van der Waals surface area (Å²) in [5.74, 6) is 2.16. The molecule has 1 aromatic rings. The highest BCUT2D eigenvalue weighted by atomic mass is 16.5. The zero-order valence-corrected chi connectivity index (χ0v) is 16.4. The quantitative estimate of drug-likeness (QED) is 0.267. The SMILES string of the molecule is C=CCCCCCCCCCOc1c(C(C)C)cccc1C(C)C. The summed E-state index contributed by atoms with van der Waals surface area (Å²) < 4.78 is 6.24. The van der Waals surface area contributed by atoms with Gasteiger partial charge in [-0.25, -0.2) is 0 Å². The first-order valence-corrected chi connectivity index (χ1v) is 9.94. The van der Waals surface area contributed by atoms with Crippen LogP contribution in [0.25, 0.3) is 0 Å². The van der Waals surface area contributed by atoms with Crippen LogP contribution in [0, 0.1) is 0 Å². The monoisotopic (exact) mass is 330 g/mol. The van der Waals surface area contributed by atoms with E-state index in [2.05, 4.69) is 52.5 Å². The molecule has 0 aromatic heterocycles. The van der Waals surface area contributed by atoms with E-state index in [9.17, 15) is 0 Å². The number of hydrogen-bond donors (Lipinski definition) is 0. The third-order valence-electron chi connectivity index (χ3n) is 4.62. The molecule has 1 aromatic carbocycles. The molecule has 0 aliphatic carbocycles. The molecule has 1 rings (SSSR count). The van der Waals surface area contributed by atoms with Crippen LogP contribution in [-0.2, 0) is 0 Å². The molecule has 0 saturated heterocycles. The van der Waals surface area contributed by atoms with Crippen molar-refractivity contribution in [2.24, 2.45) is 0 Å². The minimum atomic E-state index is 0.509. The van der Waals surface area contributed by atoms with Gasteiger partial charge in [-0.15, -0.1) is 6.58 Å². The Hall–Kier alpha value is -1.24. The first-order valence-electron chi connectivity index (χ1n) is 9.94. The van der Waals surface area contributed by atoms with E-state index in [1.807, 2.05) is 6.08 Å². The van der Waals surface area contributed by atoms with Gasteiger partial charge in [0.05, 0.1) is 6.61 Å². The van der Waals surface area contributed by atoms with E-state index in [4.69, 9.17) is 4.74 Å². The van der Waals surface area contributed by atoms with Crippen LogP contribution in [0.3, 0.4) is 0 Å². The lowest BCUT2D eigenvalue weighted by atomic mass is 9.94. The second kappa shape index (κ2) is 12.2. The summed E-state index contributed by atoms with van der Waals surface area (Å²) in [7, 11) is 0. The topological polar surface area (TPSA) is 9.23 Å². The maximum absolute atomic E-state index is 6.24. The molecule has 0 heterocycles. The van der Waals surface area contributed by atoms with Gasteiger partial charge in [-0.2, -0.15) is 0 Å². The number of rotatable bonds is 13. The summed E-state index contributed by atoms with van der Waals surface area (Å²) >= 11 is 0. The van der Waals surface area contributed by atoms with Crippen molar-refractivity contribution in [2.75, 3.05) is 6.61 Å². The highest BCUT2D eigenvalue weighted by molar-refractivity contribution is 5.44. The maximum Gasteiger partial charge on any atom is 0.126 e. The molecule has 1 heteroatoms. The Morgan fingerprint density at radius 1 is 0.833 bits per heavy atom. The molecule has 136 valence electrons. The highest BCUT2D eigenvalue weighted by Crippen LogP contribution is 2.34. The molecule has 24 heavy (non-hydrogen) atoms. The van der Waals surface area contributed by atoms with Crippen LogP contribution < -0.4 is 4.74 Å². The molecule has 0 unspecified atom stereocenters. The first-order chi connectivity index (χ1) is 11.6. The summed E-state index contributed by atoms with van der Waals surface area (Å²) in [5, 5.41) is 0. The van der Waals surface area contributed by atoms with Crippen molar-refractivity contribution >= 4 is 0 Å². The molecule has 0 N–H and O–H groups in total. The summed E-state index contributed by atoms with van der Waals surface area (Å²) in [6.45, 7) is 13.6. The van der Waals surface area contributed by atoms with Gasteiger partial charge < -0.3 is 4.74 Å². The summed E-state index contributed by atoms with van der Waals surface area (Å²) in [4.78, 5) is 0. The standard InChI is InChI=1S/C23H38O/c1-6-7-8-9-10-11-12-13-14-18-24-23-21(19(2)3)16-15-17-22(23)20(4)5/h6,15-17,19-20H,1,7-14,18H2,2-5H3. The van der Waals surface area contributed by atoms with Gasteiger partial charge in [-0.3, -0.25) is 0 Å². The number of benzene rings is 1. The van der Waals surface area contributed by atoms with Crippen LogP contribution in [0.1, 0.15) is 102 Å². The van der Waals surface area contributed by atoms with Crippen LogP contribution >= 0.6 is 0 Å². The predicted octanol–water partition coefficient (Wildman–Crippen LogP) is 7.62. The van der Waals surface area contributed by atoms with E-state index in [1.54, 1.807) is 0 Å². The van der Waals surface area contributed by atoms with Crippen LogP contribution in [0.5, 0.6) is 5.75 Å². The molecule has 0 aliphatic rings. The van der Waals surface area contributed by atoms with Gasteiger partial charge in [-0.05, 0) is 42.2 Å². The molecule has 1 nitrogen and oxygen atoms in total. The average molecular weight is 331 g/mol. The summed E-state index contributed by atoms with van der Waals surface area (Å²) in [6.07, 6.45) is 12.3. The molecule has 0 atom stereocenters. The Balaban J connectivity index is 2.33. The van der Waals surface area contributed by atoms with E-state index in [0.29, 0.717) is 11.8 Å². The molecule has 0 saturated carbocycles. The lowest BCUT2D eigenvalue weighted by Crippen LogP contribution is -2.05. The molecule has 0 spiro atoms. The average Bonchev–Trinajstić information content (AvgIpc) is 2.56. The number of para-hydroxylation sites is 1. The van der Waals surface area contributed by atoms with E-state index >= 15 is 0 Å². The molecular weight excluding hydrogens is 292 g/mol. The van der Waals surface area contributed by atoms with Crippen molar-refractivity contribution in [3.8, 4) is 5.75 Å². The van der Waals surface area contributed by atoms with Crippen molar-refractivity contribution in [1.29, 1.82) is 0 Å². The number of unbranched alkanes of at least 4 members (excludes halogenated alkanes) is 7. The molecule has 0 radical (unpaired) electrons. The van der Waals surface area contributed by atoms with Crippen molar-refractivity contribution in [1.82, 2.24) is 0 Å².